The van der Waals surface area contributed by atoms with Crippen molar-refractivity contribution in [3.8, 4) is 0 Å². The van der Waals surface area contributed by atoms with Crippen molar-refractivity contribution in [2.75, 3.05) is 7.11 Å². The zero-order chi connectivity index (χ0) is 10.6. The van der Waals surface area contributed by atoms with Gasteiger partial charge in [0.15, 0.2) is 0 Å². The summed E-state index contributed by atoms with van der Waals surface area (Å²) in [5.41, 5.74) is 2.75. The normalized spacial score (nSPS) is 9.57. The van der Waals surface area contributed by atoms with Gasteiger partial charge in [-0.15, -0.1) is 0 Å². The van der Waals surface area contributed by atoms with Gasteiger partial charge in [0.2, 0.25) is 0 Å². The third kappa shape index (κ3) is 2.02. The van der Waals surface area contributed by atoms with Gasteiger partial charge in [0, 0.05) is 0 Å². The number of esters is 1. The van der Waals surface area contributed by atoms with Crippen molar-refractivity contribution < 1.29 is 9.53 Å². The maximum Gasteiger partial charge on any atom is 0.337 e. The van der Waals surface area contributed by atoms with E-state index in [4.69, 9.17) is 0 Å². The van der Waals surface area contributed by atoms with Crippen molar-refractivity contribution in [2.24, 2.45) is 0 Å². The lowest BCUT2D eigenvalue weighted by Gasteiger charge is -2.05. The fourth-order valence-electron chi connectivity index (χ4n) is 1.35. The van der Waals surface area contributed by atoms with Crippen molar-refractivity contribution in [3.63, 3.8) is 0 Å². The molecule has 0 unspecified atom stereocenters. The third-order valence-corrected chi connectivity index (χ3v) is 2.17. The highest BCUT2D eigenvalue weighted by Crippen LogP contribution is 2.14. The Morgan fingerprint density at radius 2 is 2.29 bits per heavy atom. The van der Waals surface area contributed by atoms with Gasteiger partial charge in [-0.25, -0.2) is 4.79 Å². The number of rotatable bonds is 3. The van der Waals surface area contributed by atoms with E-state index in [1.807, 2.05) is 6.07 Å². The van der Waals surface area contributed by atoms with Crippen LogP contribution in [0.5, 0.6) is 0 Å². The molecule has 0 aliphatic rings. The molecule has 2 heteroatoms. The van der Waals surface area contributed by atoms with Crippen LogP contribution in [0.1, 0.15) is 28.4 Å². The van der Waals surface area contributed by atoms with E-state index >= 15 is 0 Å². The largest absolute Gasteiger partial charge is 0.465 e. The number of ether oxygens (including phenoxy) is 1. The molecule has 0 aromatic heterocycles. The van der Waals surface area contributed by atoms with E-state index in [1.54, 1.807) is 18.2 Å². The number of hydrogen-bond donors (Lipinski definition) is 0. The van der Waals surface area contributed by atoms with Crippen LogP contribution in [-0.2, 0) is 11.2 Å². The van der Waals surface area contributed by atoms with Gasteiger partial charge in [-0.05, 0) is 29.7 Å². The molecular formula is C12H14O2. The zero-order valence-electron chi connectivity index (χ0n) is 8.54. The van der Waals surface area contributed by atoms with E-state index in [-0.39, 0.29) is 5.97 Å². The van der Waals surface area contributed by atoms with E-state index in [2.05, 4.69) is 18.2 Å². The Hall–Kier alpha value is -1.57. The fraction of sp³-hybridized carbons (Fsp3) is 0.250. The van der Waals surface area contributed by atoms with Crippen LogP contribution in [0.2, 0.25) is 0 Å². The fourth-order valence-corrected chi connectivity index (χ4v) is 1.35. The number of methoxy groups -OCH3 is 1. The maximum absolute atomic E-state index is 11.2. The highest BCUT2D eigenvalue weighted by atomic mass is 16.5. The summed E-state index contributed by atoms with van der Waals surface area (Å²) in [4.78, 5) is 11.2. The van der Waals surface area contributed by atoms with Gasteiger partial charge in [-0.1, -0.05) is 25.6 Å². The second kappa shape index (κ2) is 4.61. The number of hydrogen-bond acceptors (Lipinski definition) is 2. The molecular weight excluding hydrogens is 176 g/mol. The lowest BCUT2D eigenvalue weighted by molar-refractivity contribution is 0.0600. The Morgan fingerprint density at radius 1 is 1.57 bits per heavy atom. The van der Waals surface area contributed by atoms with Crippen molar-refractivity contribution in [3.05, 3.63) is 41.5 Å². The summed E-state index contributed by atoms with van der Waals surface area (Å²) in [6, 6.07) is 5.51. The second-order valence-electron chi connectivity index (χ2n) is 2.96. The van der Waals surface area contributed by atoms with Crippen LogP contribution in [0.25, 0.3) is 6.08 Å². The molecule has 0 radical (unpaired) electrons. The summed E-state index contributed by atoms with van der Waals surface area (Å²) >= 11 is 0. The van der Waals surface area contributed by atoms with Crippen LogP contribution in [0.15, 0.2) is 24.8 Å². The Labute approximate surface area is 84.2 Å². The molecule has 1 aromatic carbocycles. The van der Waals surface area contributed by atoms with E-state index in [0.29, 0.717) is 5.56 Å². The first-order chi connectivity index (χ1) is 6.72. The predicted octanol–water partition coefficient (Wildman–Crippen LogP) is 2.68. The summed E-state index contributed by atoms with van der Waals surface area (Å²) < 4.78 is 4.64. The monoisotopic (exact) mass is 190 g/mol. The minimum absolute atomic E-state index is 0.309. The van der Waals surface area contributed by atoms with Gasteiger partial charge in [0.05, 0.1) is 12.7 Å². The smallest absolute Gasteiger partial charge is 0.337 e. The first-order valence-corrected chi connectivity index (χ1v) is 4.56. The molecule has 0 bridgehead atoms. The third-order valence-electron chi connectivity index (χ3n) is 2.17. The van der Waals surface area contributed by atoms with Gasteiger partial charge in [-0.3, -0.25) is 0 Å². The average Bonchev–Trinajstić information content (AvgIpc) is 2.26. The molecule has 0 saturated heterocycles. The molecule has 0 fully saturated rings. The first-order valence-electron chi connectivity index (χ1n) is 4.56. The van der Waals surface area contributed by atoms with Gasteiger partial charge >= 0.3 is 5.97 Å². The Morgan fingerprint density at radius 3 is 2.79 bits per heavy atom. The number of carbonyl (C=O) groups is 1. The molecule has 0 N–H and O–H groups in total. The average molecular weight is 190 g/mol. The molecule has 0 saturated carbocycles. The van der Waals surface area contributed by atoms with Crippen molar-refractivity contribution in [1.29, 1.82) is 0 Å². The van der Waals surface area contributed by atoms with Crippen molar-refractivity contribution >= 4 is 12.0 Å². The summed E-state index contributed by atoms with van der Waals surface area (Å²) in [5, 5.41) is 0. The van der Waals surface area contributed by atoms with Crippen LogP contribution < -0.4 is 0 Å². The molecule has 1 rings (SSSR count). The lowest BCUT2D eigenvalue weighted by Crippen LogP contribution is -2.02. The van der Waals surface area contributed by atoms with Crippen LogP contribution in [-0.4, -0.2) is 13.1 Å². The first kappa shape index (κ1) is 10.5. The Bertz CT molecular complexity index is 353. The number of benzene rings is 1. The molecule has 0 aliphatic carbocycles. The van der Waals surface area contributed by atoms with Crippen LogP contribution in [0, 0.1) is 0 Å². The topological polar surface area (TPSA) is 26.3 Å². The molecule has 0 amide bonds. The minimum Gasteiger partial charge on any atom is -0.465 e. The van der Waals surface area contributed by atoms with Gasteiger partial charge in [0.1, 0.15) is 0 Å². The van der Waals surface area contributed by atoms with E-state index in [1.165, 1.54) is 12.7 Å². The predicted molar refractivity (Wildman–Crippen MR) is 57.3 cm³/mol. The number of aryl methyl sites for hydroxylation is 1. The van der Waals surface area contributed by atoms with Gasteiger partial charge in [0.25, 0.3) is 0 Å². The van der Waals surface area contributed by atoms with E-state index in [9.17, 15) is 4.79 Å². The van der Waals surface area contributed by atoms with Crippen LogP contribution >= 0.6 is 0 Å². The van der Waals surface area contributed by atoms with E-state index < -0.39 is 0 Å². The Balaban J connectivity index is 3.13. The zero-order valence-corrected chi connectivity index (χ0v) is 8.54. The molecule has 0 heterocycles. The summed E-state index contributed by atoms with van der Waals surface area (Å²) in [6.45, 7) is 5.78. The molecule has 14 heavy (non-hydrogen) atoms. The second-order valence-corrected chi connectivity index (χ2v) is 2.96. The minimum atomic E-state index is -0.309. The summed E-state index contributed by atoms with van der Waals surface area (Å²) in [5.74, 6) is -0.309. The molecule has 1 aromatic rings. The highest BCUT2D eigenvalue weighted by molar-refractivity contribution is 5.90. The molecule has 0 atom stereocenters. The van der Waals surface area contributed by atoms with Gasteiger partial charge < -0.3 is 4.74 Å². The molecule has 0 aliphatic heterocycles. The van der Waals surface area contributed by atoms with Crippen molar-refractivity contribution in [2.45, 2.75) is 13.3 Å². The summed E-state index contributed by atoms with van der Waals surface area (Å²) in [6.07, 6.45) is 2.69. The summed E-state index contributed by atoms with van der Waals surface area (Å²) in [7, 11) is 1.38. The SMILES string of the molecule is C=Cc1cc(C(=O)OC)ccc1CC. The standard InChI is InChI=1S/C12H14O2/c1-4-9-6-7-11(12(13)14-3)8-10(9)5-2/h5-8H,2,4H2,1,3H3. The van der Waals surface area contributed by atoms with Crippen LogP contribution in [0.3, 0.4) is 0 Å². The van der Waals surface area contributed by atoms with E-state index in [0.717, 1.165) is 12.0 Å². The molecule has 0 spiro atoms. The molecule has 2 nitrogen and oxygen atoms in total. The maximum atomic E-state index is 11.2. The Kier molecular flexibility index (Phi) is 3.46. The lowest BCUT2D eigenvalue weighted by atomic mass is 10.0. The van der Waals surface area contributed by atoms with Crippen LogP contribution in [0.4, 0.5) is 0 Å². The molecule has 74 valence electrons. The van der Waals surface area contributed by atoms with Crippen molar-refractivity contribution in [1.82, 2.24) is 0 Å². The highest BCUT2D eigenvalue weighted by Gasteiger charge is 2.06. The number of carbonyl (C=O) groups excluding carboxylic acids is 1. The van der Waals surface area contributed by atoms with Gasteiger partial charge in [-0.2, -0.15) is 0 Å². The quantitative estimate of drug-likeness (QED) is 0.685.